The first kappa shape index (κ1) is 20.3. The number of hydrogen-bond acceptors (Lipinski definition) is 2. The van der Waals surface area contributed by atoms with Crippen LogP contribution < -0.4 is 56.7 Å². The van der Waals surface area contributed by atoms with Crippen LogP contribution in [-0.4, -0.2) is 20.2 Å². The van der Waals surface area contributed by atoms with E-state index in [2.05, 4.69) is 12.2 Å². The molecule has 0 bridgehead atoms. The number of nitrogens with one attached hydrogen (secondary N) is 1. The molecule has 0 aliphatic heterocycles. The number of benzene rings is 1. The van der Waals surface area contributed by atoms with Crippen molar-refractivity contribution in [3.63, 3.8) is 0 Å². The number of carbonyl (C=O) groups is 1. The summed E-state index contributed by atoms with van der Waals surface area (Å²) in [4.78, 5) is 10.8. The third kappa shape index (κ3) is 14.0. The molecule has 8 heteroatoms. The van der Waals surface area contributed by atoms with Gasteiger partial charge in [-0.1, -0.05) is 30.3 Å². The molecule has 0 saturated heterocycles. The molecule has 1 amide bonds. The molecule has 1 aromatic rings. The summed E-state index contributed by atoms with van der Waals surface area (Å²) in [6.45, 7) is 4.11. The Bertz CT molecular complexity index is 314. The minimum atomic E-state index is -3.67. The maximum absolute atomic E-state index is 10.8. The predicted molar refractivity (Wildman–Crippen MR) is 59.1 cm³/mol. The second kappa shape index (κ2) is 13.4. The van der Waals surface area contributed by atoms with Crippen LogP contribution in [0.5, 0.6) is 0 Å². The van der Waals surface area contributed by atoms with Crippen LogP contribution in [0.2, 0.25) is 0 Å². The molecule has 3 nitrogen and oxygen atoms in total. The Balaban J connectivity index is 0. The maximum Gasteiger partial charge on any atom is 1.00 e. The Kier molecular flexibility index (Phi) is 15.1. The number of halogens is 3. The Morgan fingerprint density at radius 1 is 1.28 bits per heavy atom. The van der Waals surface area contributed by atoms with Crippen LogP contribution in [0.4, 0.5) is 17.7 Å². The average Bonchev–Trinajstić information content (AvgIpc) is 2.27. The SMILES string of the molecule is FB(F)F.[CH2-]CNC(=O)OCc1ccccc1.[K+]. The molecule has 0 radical (unpaired) electrons. The molecule has 18 heavy (non-hydrogen) atoms. The standard InChI is InChI=1S/C10H12NO2.BF3.K/c1-2-11-10(12)13-8-9-6-4-3-5-7-9;2-1(3)4;/h3-7H,1-2,8H2,(H,11,12);;/q-1;;+1. The minimum absolute atomic E-state index is 0. The molecule has 0 aliphatic carbocycles. The molecule has 0 aliphatic rings. The molecular formula is C10H12BF3KNO2. The second-order valence-corrected chi connectivity index (χ2v) is 2.74. The number of carbonyl (C=O) groups excluding carboxylic acids is 1. The van der Waals surface area contributed by atoms with Gasteiger partial charge in [0.05, 0.1) is 0 Å². The van der Waals surface area contributed by atoms with E-state index in [-0.39, 0.29) is 51.4 Å². The van der Waals surface area contributed by atoms with E-state index >= 15 is 0 Å². The summed E-state index contributed by atoms with van der Waals surface area (Å²) in [5.41, 5.74) is 0.974. The van der Waals surface area contributed by atoms with Crippen molar-refractivity contribution >= 4 is 13.6 Å². The third-order valence-electron chi connectivity index (χ3n) is 1.48. The molecule has 0 unspecified atom stereocenters. The average molecular weight is 285 g/mol. The first-order chi connectivity index (χ1) is 8.06. The molecule has 0 atom stereocenters. The fraction of sp³-hybridized carbons (Fsp3) is 0.200. The number of rotatable bonds is 3. The number of ether oxygens (including phenoxy) is 1. The Labute approximate surface area is 147 Å². The summed E-state index contributed by atoms with van der Waals surface area (Å²) in [6.07, 6.45) is -0.432. The van der Waals surface area contributed by atoms with Crippen LogP contribution in [0.15, 0.2) is 30.3 Å². The van der Waals surface area contributed by atoms with Gasteiger partial charge in [0, 0.05) is 0 Å². The van der Waals surface area contributed by atoms with Gasteiger partial charge in [-0.15, -0.1) is 6.54 Å². The summed E-state index contributed by atoms with van der Waals surface area (Å²) in [5, 5.41) is 2.44. The van der Waals surface area contributed by atoms with Crippen molar-refractivity contribution in [1.82, 2.24) is 5.32 Å². The van der Waals surface area contributed by atoms with E-state index in [9.17, 15) is 17.7 Å². The normalized spacial score (nSPS) is 8.22. The van der Waals surface area contributed by atoms with Crippen molar-refractivity contribution in [3.8, 4) is 0 Å². The van der Waals surface area contributed by atoms with Crippen molar-refractivity contribution in [2.75, 3.05) is 6.54 Å². The summed E-state index contributed by atoms with van der Waals surface area (Å²) in [7, 11) is -3.67. The number of alkyl carbamates (subject to hydrolysis) is 1. The van der Waals surface area contributed by atoms with Gasteiger partial charge in [0.1, 0.15) is 6.61 Å². The van der Waals surface area contributed by atoms with Gasteiger partial charge >= 0.3 is 65.0 Å². The van der Waals surface area contributed by atoms with Crippen molar-refractivity contribution in [3.05, 3.63) is 42.8 Å². The van der Waals surface area contributed by atoms with Crippen molar-refractivity contribution in [2.45, 2.75) is 6.61 Å². The number of hydrogen-bond donors (Lipinski definition) is 1. The molecule has 0 saturated carbocycles. The van der Waals surface area contributed by atoms with Crippen molar-refractivity contribution < 1.29 is 73.9 Å². The van der Waals surface area contributed by atoms with Crippen LogP contribution >= 0.6 is 0 Å². The largest absolute Gasteiger partial charge is 1.00 e. The van der Waals surface area contributed by atoms with Crippen LogP contribution in [0.25, 0.3) is 0 Å². The molecule has 94 valence electrons. The first-order valence-electron chi connectivity index (χ1n) is 4.72. The van der Waals surface area contributed by atoms with E-state index in [4.69, 9.17) is 4.74 Å². The van der Waals surface area contributed by atoms with Gasteiger partial charge in [-0.3, -0.25) is 12.9 Å². The van der Waals surface area contributed by atoms with Crippen LogP contribution in [0.1, 0.15) is 5.56 Å². The Morgan fingerprint density at radius 3 is 2.22 bits per heavy atom. The van der Waals surface area contributed by atoms with E-state index in [1.807, 2.05) is 30.3 Å². The quantitative estimate of drug-likeness (QED) is 0.608. The van der Waals surface area contributed by atoms with Gasteiger partial charge in [-0.2, -0.15) is 0 Å². The summed E-state index contributed by atoms with van der Waals surface area (Å²) in [5.74, 6) is 0. The Hall–Kier alpha value is -0.0187. The zero-order valence-corrected chi connectivity index (χ0v) is 13.2. The van der Waals surface area contributed by atoms with Crippen LogP contribution in [-0.2, 0) is 11.3 Å². The molecule has 0 aromatic heterocycles. The summed E-state index contributed by atoms with van der Waals surface area (Å²) >= 11 is 0. The van der Waals surface area contributed by atoms with E-state index in [0.29, 0.717) is 13.2 Å². The van der Waals surface area contributed by atoms with Gasteiger partial charge in [0.2, 0.25) is 0 Å². The molecule has 1 rings (SSSR count). The molecule has 0 fully saturated rings. The minimum Gasteiger partial charge on any atom is -0.445 e. The molecule has 0 heterocycles. The fourth-order valence-electron chi connectivity index (χ4n) is 0.876. The third-order valence-corrected chi connectivity index (χ3v) is 1.48. The molecular weight excluding hydrogens is 273 g/mol. The van der Waals surface area contributed by atoms with E-state index in [1.165, 1.54) is 0 Å². The number of amides is 1. The van der Waals surface area contributed by atoms with E-state index in [0.717, 1.165) is 5.56 Å². The van der Waals surface area contributed by atoms with Crippen molar-refractivity contribution in [1.29, 1.82) is 0 Å². The van der Waals surface area contributed by atoms with Crippen LogP contribution in [0, 0.1) is 6.92 Å². The fourth-order valence-corrected chi connectivity index (χ4v) is 0.876. The van der Waals surface area contributed by atoms with Gasteiger partial charge < -0.3 is 17.0 Å². The van der Waals surface area contributed by atoms with Crippen molar-refractivity contribution in [2.24, 2.45) is 0 Å². The maximum atomic E-state index is 10.8. The van der Waals surface area contributed by atoms with Gasteiger partial charge in [-0.25, -0.2) is 4.79 Å². The zero-order chi connectivity index (χ0) is 13.1. The topological polar surface area (TPSA) is 38.3 Å². The zero-order valence-electron chi connectivity index (χ0n) is 10.0. The molecule has 1 N–H and O–H groups in total. The summed E-state index contributed by atoms with van der Waals surface area (Å²) in [6, 6.07) is 9.52. The summed E-state index contributed by atoms with van der Waals surface area (Å²) < 4.78 is 33.9. The first-order valence-corrected chi connectivity index (χ1v) is 4.72. The molecule has 0 spiro atoms. The Morgan fingerprint density at radius 2 is 1.78 bits per heavy atom. The molecule has 1 aromatic carbocycles. The van der Waals surface area contributed by atoms with Crippen LogP contribution in [0.3, 0.4) is 0 Å². The van der Waals surface area contributed by atoms with E-state index in [1.54, 1.807) is 0 Å². The van der Waals surface area contributed by atoms with Gasteiger partial charge in [0.15, 0.2) is 0 Å². The monoisotopic (exact) mass is 285 g/mol. The smallest absolute Gasteiger partial charge is 0.445 e. The van der Waals surface area contributed by atoms with E-state index < -0.39 is 13.6 Å². The van der Waals surface area contributed by atoms with Gasteiger partial charge in [-0.05, 0) is 5.56 Å². The second-order valence-electron chi connectivity index (χ2n) is 2.74. The predicted octanol–water partition coefficient (Wildman–Crippen LogP) is -0.369. The van der Waals surface area contributed by atoms with Gasteiger partial charge in [0.25, 0.3) is 0 Å².